The van der Waals surface area contributed by atoms with Crippen molar-refractivity contribution in [3.8, 4) is 11.3 Å². The van der Waals surface area contributed by atoms with Gasteiger partial charge in [-0.05, 0) is 96.0 Å². The zero-order valence-corrected chi connectivity index (χ0v) is 24.8. The SMILES string of the molecule is Cc1c(C(=O)NCC(C)(C)O)cc(-c2ccc(S(=O)NC(C)(C)C)c3ccccc23)n1CC1CCC(F)CC1. The third-order valence-electron chi connectivity index (χ3n) is 7.27. The third-order valence-corrected chi connectivity index (χ3v) is 8.82. The maximum absolute atomic E-state index is 13.9. The normalized spacial score (nSPS) is 19.3. The van der Waals surface area contributed by atoms with E-state index in [0.29, 0.717) is 35.8 Å². The molecule has 1 aliphatic carbocycles. The standard InChI is InChI=1S/C31H42FN3O3S/c1-20-26(29(36)33-19-31(5,6)37)17-27(35(20)18-21-11-13-22(32)14-12-21)24-15-16-28(39(38)34-30(2,3)4)25-10-8-7-9-23(24)25/h7-10,15-17,21-22,34,37H,11-14,18-19H2,1-6H3,(H,33,36). The molecule has 1 fully saturated rings. The minimum atomic E-state index is -1.40. The Morgan fingerprint density at radius 3 is 2.31 bits per heavy atom. The van der Waals surface area contributed by atoms with Crippen LogP contribution in [0.1, 0.15) is 76.4 Å². The summed E-state index contributed by atoms with van der Waals surface area (Å²) in [6, 6.07) is 13.7. The molecule has 1 aromatic heterocycles. The smallest absolute Gasteiger partial charge is 0.253 e. The van der Waals surface area contributed by atoms with Crippen LogP contribution in [-0.4, -0.2) is 43.6 Å². The number of hydrogen-bond acceptors (Lipinski definition) is 3. The fourth-order valence-electron chi connectivity index (χ4n) is 5.28. The monoisotopic (exact) mass is 555 g/mol. The molecule has 1 amide bonds. The Balaban J connectivity index is 1.81. The number of halogens is 1. The number of rotatable bonds is 8. The summed E-state index contributed by atoms with van der Waals surface area (Å²) in [5.41, 5.74) is 1.90. The molecule has 4 rings (SSSR count). The molecule has 0 spiro atoms. The van der Waals surface area contributed by atoms with Crippen molar-refractivity contribution in [2.45, 2.75) is 96.0 Å². The van der Waals surface area contributed by atoms with E-state index in [1.165, 1.54) is 0 Å². The van der Waals surface area contributed by atoms with Crippen LogP contribution >= 0.6 is 0 Å². The van der Waals surface area contributed by atoms with Crippen molar-refractivity contribution in [2.75, 3.05) is 6.54 Å². The predicted octanol–water partition coefficient (Wildman–Crippen LogP) is 6.06. The van der Waals surface area contributed by atoms with Crippen LogP contribution in [-0.2, 0) is 17.5 Å². The molecular formula is C31H42FN3O3S. The van der Waals surface area contributed by atoms with Crippen LogP contribution in [0.25, 0.3) is 22.0 Å². The zero-order valence-electron chi connectivity index (χ0n) is 23.9. The molecule has 3 N–H and O–H groups in total. The number of aliphatic hydroxyl groups is 1. The van der Waals surface area contributed by atoms with Crippen LogP contribution in [0, 0.1) is 12.8 Å². The van der Waals surface area contributed by atoms with Gasteiger partial charge >= 0.3 is 0 Å². The maximum atomic E-state index is 13.9. The minimum absolute atomic E-state index is 0.135. The largest absolute Gasteiger partial charge is 0.389 e. The summed E-state index contributed by atoms with van der Waals surface area (Å²) in [5.74, 6) is 0.0849. The van der Waals surface area contributed by atoms with Crippen LogP contribution in [0.2, 0.25) is 0 Å². The van der Waals surface area contributed by atoms with Crippen LogP contribution in [0.3, 0.4) is 0 Å². The first-order valence-electron chi connectivity index (χ1n) is 13.8. The van der Waals surface area contributed by atoms with Crippen molar-refractivity contribution in [3.63, 3.8) is 0 Å². The van der Waals surface area contributed by atoms with Gasteiger partial charge in [0.05, 0.1) is 16.1 Å². The molecule has 39 heavy (non-hydrogen) atoms. The van der Waals surface area contributed by atoms with E-state index >= 15 is 0 Å². The molecule has 0 radical (unpaired) electrons. The number of carbonyl (C=O) groups is 1. The van der Waals surface area contributed by atoms with Gasteiger partial charge in [0.1, 0.15) is 17.2 Å². The van der Waals surface area contributed by atoms with Gasteiger partial charge in [0.25, 0.3) is 5.91 Å². The zero-order chi connectivity index (χ0) is 28.5. The average Bonchev–Trinajstić information content (AvgIpc) is 3.17. The molecule has 212 valence electrons. The number of benzene rings is 2. The summed E-state index contributed by atoms with van der Waals surface area (Å²) in [5, 5.41) is 14.8. The molecule has 1 aliphatic rings. The topological polar surface area (TPSA) is 83.4 Å². The lowest BCUT2D eigenvalue weighted by Crippen LogP contribution is -2.38. The van der Waals surface area contributed by atoms with Crippen molar-refractivity contribution < 1.29 is 18.5 Å². The van der Waals surface area contributed by atoms with E-state index in [1.807, 2.05) is 70.2 Å². The van der Waals surface area contributed by atoms with Gasteiger partial charge in [0, 0.05) is 35.6 Å². The minimum Gasteiger partial charge on any atom is -0.389 e. The first-order chi connectivity index (χ1) is 18.2. The number of carbonyl (C=O) groups excluding carboxylic acids is 1. The van der Waals surface area contributed by atoms with E-state index in [2.05, 4.69) is 14.6 Å². The van der Waals surface area contributed by atoms with E-state index in [9.17, 15) is 18.5 Å². The second-order valence-corrected chi connectivity index (χ2v) is 13.7. The van der Waals surface area contributed by atoms with Crippen LogP contribution < -0.4 is 10.0 Å². The predicted molar refractivity (Wildman–Crippen MR) is 157 cm³/mol. The Labute approximate surface area is 234 Å². The van der Waals surface area contributed by atoms with Crippen molar-refractivity contribution in [1.29, 1.82) is 0 Å². The van der Waals surface area contributed by atoms with Gasteiger partial charge in [-0.25, -0.2) is 13.3 Å². The summed E-state index contributed by atoms with van der Waals surface area (Å²) in [4.78, 5) is 14.0. The number of hydrogen-bond donors (Lipinski definition) is 3. The first-order valence-corrected chi connectivity index (χ1v) is 14.9. The van der Waals surface area contributed by atoms with Crippen molar-refractivity contribution >= 4 is 27.7 Å². The first kappa shape index (κ1) is 29.4. The molecule has 0 saturated heterocycles. The summed E-state index contributed by atoms with van der Waals surface area (Å²) in [6.07, 6.45) is 2.05. The number of nitrogens with one attached hydrogen (secondary N) is 2. The highest BCUT2D eigenvalue weighted by Gasteiger charge is 2.26. The van der Waals surface area contributed by atoms with E-state index < -0.39 is 22.8 Å². The summed E-state index contributed by atoms with van der Waals surface area (Å²) in [6.45, 7) is 12.0. The molecule has 6 nitrogen and oxygen atoms in total. The fourth-order valence-corrected chi connectivity index (χ4v) is 6.51. The number of amides is 1. The molecule has 2 aromatic carbocycles. The highest BCUT2D eigenvalue weighted by atomic mass is 32.2. The maximum Gasteiger partial charge on any atom is 0.253 e. The van der Waals surface area contributed by atoms with Gasteiger partial charge in [-0.2, -0.15) is 0 Å². The quantitative estimate of drug-likeness (QED) is 0.316. The second-order valence-electron chi connectivity index (χ2n) is 12.5. The van der Waals surface area contributed by atoms with Crippen LogP contribution in [0.5, 0.6) is 0 Å². The lowest BCUT2D eigenvalue weighted by molar-refractivity contribution is 0.0694. The van der Waals surface area contributed by atoms with E-state index in [1.54, 1.807) is 13.8 Å². The highest BCUT2D eigenvalue weighted by molar-refractivity contribution is 7.83. The van der Waals surface area contributed by atoms with Crippen LogP contribution in [0.15, 0.2) is 47.4 Å². The van der Waals surface area contributed by atoms with E-state index in [4.69, 9.17) is 0 Å². The highest BCUT2D eigenvalue weighted by Crippen LogP contribution is 2.37. The number of alkyl halides is 1. The van der Waals surface area contributed by atoms with E-state index in [-0.39, 0.29) is 18.0 Å². The average molecular weight is 556 g/mol. The third kappa shape index (κ3) is 7.16. The Morgan fingerprint density at radius 2 is 1.69 bits per heavy atom. The molecular weight excluding hydrogens is 513 g/mol. The number of aromatic nitrogens is 1. The molecule has 1 saturated carbocycles. The van der Waals surface area contributed by atoms with Crippen molar-refractivity contribution in [1.82, 2.24) is 14.6 Å². The summed E-state index contributed by atoms with van der Waals surface area (Å²) >= 11 is 0. The lowest BCUT2D eigenvalue weighted by atomic mass is 9.88. The Bertz CT molecular complexity index is 1360. The Kier molecular flexibility index (Phi) is 8.69. The van der Waals surface area contributed by atoms with Gasteiger partial charge in [-0.1, -0.05) is 30.3 Å². The summed E-state index contributed by atoms with van der Waals surface area (Å²) < 4.78 is 32.5. The molecule has 0 aliphatic heterocycles. The number of nitrogens with zero attached hydrogens (tertiary/aromatic N) is 1. The molecule has 1 heterocycles. The van der Waals surface area contributed by atoms with Gasteiger partial charge in [-0.3, -0.25) is 4.79 Å². The molecule has 0 bridgehead atoms. The van der Waals surface area contributed by atoms with E-state index in [0.717, 1.165) is 40.6 Å². The Morgan fingerprint density at radius 1 is 1.05 bits per heavy atom. The fraction of sp³-hybridized carbons (Fsp3) is 0.516. The van der Waals surface area contributed by atoms with Crippen LogP contribution in [0.4, 0.5) is 4.39 Å². The Hall–Kier alpha value is -2.55. The van der Waals surface area contributed by atoms with Crippen molar-refractivity contribution in [3.05, 3.63) is 53.7 Å². The molecule has 1 unspecified atom stereocenters. The van der Waals surface area contributed by atoms with Gasteiger partial charge in [0.15, 0.2) is 0 Å². The van der Waals surface area contributed by atoms with Crippen molar-refractivity contribution in [2.24, 2.45) is 5.92 Å². The molecule has 1 atom stereocenters. The van der Waals surface area contributed by atoms with Gasteiger partial charge in [-0.15, -0.1) is 0 Å². The van der Waals surface area contributed by atoms with Gasteiger partial charge in [0.2, 0.25) is 0 Å². The molecule has 3 aromatic rings. The van der Waals surface area contributed by atoms with Gasteiger partial charge < -0.3 is 15.0 Å². The number of fused-ring (bicyclic) bond motifs is 1. The lowest BCUT2D eigenvalue weighted by Gasteiger charge is -2.26. The molecule has 8 heteroatoms. The second kappa shape index (κ2) is 11.5. The summed E-state index contributed by atoms with van der Waals surface area (Å²) in [7, 11) is -1.40.